The Hall–Kier alpha value is -2.98. The van der Waals surface area contributed by atoms with Crippen molar-refractivity contribution in [3.05, 3.63) is 107 Å². The summed E-state index contributed by atoms with van der Waals surface area (Å²) in [6.07, 6.45) is 0. The quantitative estimate of drug-likeness (QED) is 0.656. The number of carbonyl (C=O) groups is 1. The minimum atomic E-state index is -0.189. The first-order valence-corrected chi connectivity index (χ1v) is 9.27. The fourth-order valence-electron chi connectivity index (χ4n) is 2.76. The maximum absolute atomic E-state index is 12.6. The van der Waals surface area contributed by atoms with E-state index >= 15 is 0 Å². The molecule has 0 atom stereocenters. The van der Waals surface area contributed by atoms with Crippen molar-refractivity contribution < 1.29 is 4.79 Å². The summed E-state index contributed by atoms with van der Waals surface area (Å²) in [5.41, 5.74) is 3.99. The van der Waals surface area contributed by atoms with Crippen LogP contribution in [0.4, 0.5) is 0 Å². The molecule has 3 aromatic carbocycles. The Kier molecular flexibility index (Phi) is 6.34. The second-order valence-electron chi connectivity index (χ2n) is 6.45. The standard InChI is InChI=1S/C23H22N2OS/c1-18-12-14-21(15-13-18)22(26)24-23(27)25(16-19-8-4-2-5-9-19)17-20-10-6-3-7-11-20/h2-15H,16-17H2,1H3,(H,24,26,27). The summed E-state index contributed by atoms with van der Waals surface area (Å²) in [6.45, 7) is 3.25. The van der Waals surface area contributed by atoms with E-state index in [1.54, 1.807) is 0 Å². The summed E-state index contributed by atoms with van der Waals surface area (Å²) in [5, 5.41) is 3.30. The largest absolute Gasteiger partial charge is 0.340 e. The highest BCUT2D eigenvalue weighted by Crippen LogP contribution is 2.11. The third kappa shape index (κ3) is 5.50. The molecule has 0 radical (unpaired) electrons. The molecule has 136 valence electrons. The number of nitrogens with one attached hydrogen (secondary N) is 1. The van der Waals surface area contributed by atoms with Crippen LogP contribution >= 0.6 is 12.2 Å². The van der Waals surface area contributed by atoms with E-state index in [0.717, 1.165) is 16.7 Å². The first-order valence-electron chi connectivity index (χ1n) is 8.86. The van der Waals surface area contributed by atoms with Crippen molar-refractivity contribution in [3.63, 3.8) is 0 Å². The zero-order chi connectivity index (χ0) is 19.1. The summed E-state index contributed by atoms with van der Waals surface area (Å²) in [5.74, 6) is -0.189. The topological polar surface area (TPSA) is 32.3 Å². The highest BCUT2D eigenvalue weighted by Gasteiger charge is 2.15. The number of amides is 1. The number of carbonyl (C=O) groups excluding carboxylic acids is 1. The van der Waals surface area contributed by atoms with E-state index in [9.17, 15) is 4.79 Å². The summed E-state index contributed by atoms with van der Waals surface area (Å²) < 4.78 is 0. The van der Waals surface area contributed by atoms with Gasteiger partial charge in [0.2, 0.25) is 0 Å². The number of rotatable bonds is 5. The minimum Gasteiger partial charge on any atom is -0.340 e. The fraction of sp³-hybridized carbons (Fsp3) is 0.130. The second kappa shape index (κ2) is 9.10. The number of hydrogen-bond donors (Lipinski definition) is 1. The molecule has 3 rings (SSSR count). The van der Waals surface area contributed by atoms with Gasteiger partial charge in [-0.05, 0) is 42.4 Å². The lowest BCUT2D eigenvalue weighted by Gasteiger charge is -2.26. The summed E-state index contributed by atoms with van der Waals surface area (Å²) >= 11 is 5.57. The van der Waals surface area contributed by atoms with Gasteiger partial charge in [0.05, 0.1) is 0 Å². The average Bonchev–Trinajstić information content (AvgIpc) is 2.69. The molecule has 1 amide bonds. The molecule has 0 aliphatic rings. The van der Waals surface area contributed by atoms with Crippen molar-refractivity contribution >= 4 is 23.2 Å². The number of thiocarbonyl (C=S) groups is 1. The number of benzene rings is 3. The van der Waals surface area contributed by atoms with Crippen molar-refractivity contribution in [2.24, 2.45) is 0 Å². The Morgan fingerprint density at radius 2 is 1.30 bits per heavy atom. The lowest BCUT2D eigenvalue weighted by molar-refractivity contribution is 0.0972. The van der Waals surface area contributed by atoms with Crippen LogP contribution < -0.4 is 5.32 Å². The van der Waals surface area contributed by atoms with Crippen molar-refractivity contribution in [1.82, 2.24) is 10.2 Å². The van der Waals surface area contributed by atoms with Gasteiger partial charge in [0.15, 0.2) is 5.11 Å². The van der Waals surface area contributed by atoms with Gasteiger partial charge in [-0.3, -0.25) is 10.1 Å². The molecule has 4 heteroatoms. The van der Waals surface area contributed by atoms with Crippen molar-refractivity contribution in [3.8, 4) is 0 Å². The van der Waals surface area contributed by atoms with Crippen LogP contribution in [0.1, 0.15) is 27.0 Å². The van der Waals surface area contributed by atoms with Crippen molar-refractivity contribution in [2.45, 2.75) is 20.0 Å². The van der Waals surface area contributed by atoms with Gasteiger partial charge in [-0.15, -0.1) is 0 Å². The first kappa shape index (κ1) is 18.8. The van der Waals surface area contributed by atoms with Crippen LogP contribution in [0.5, 0.6) is 0 Å². The SMILES string of the molecule is Cc1ccc(C(=O)NC(=S)N(Cc2ccccc2)Cc2ccccc2)cc1. The zero-order valence-corrected chi connectivity index (χ0v) is 16.1. The smallest absolute Gasteiger partial charge is 0.257 e. The summed E-state index contributed by atoms with van der Waals surface area (Å²) in [4.78, 5) is 14.6. The van der Waals surface area contributed by atoms with Crippen LogP contribution in [0.25, 0.3) is 0 Å². The Balaban J connectivity index is 1.75. The normalized spacial score (nSPS) is 10.3. The van der Waals surface area contributed by atoms with E-state index in [-0.39, 0.29) is 5.91 Å². The van der Waals surface area contributed by atoms with E-state index in [1.165, 1.54) is 0 Å². The number of nitrogens with zero attached hydrogens (tertiary/aromatic N) is 1. The van der Waals surface area contributed by atoms with Crippen LogP contribution in [0.2, 0.25) is 0 Å². The zero-order valence-electron chi connectivity index (χ0n) is 15.3. The average molecular weight is 375 g/mol. The molecule has 0 aliphatic carbocycles. The van der Waals surface area contributed by atoms with Crippen molar-refractivity contribution in [1.29, 1.82) is 0 Å². The Morgan fingerprint density at radius 3 is 1.78 bits per heavy atom. The Bertz CT molecular complexity index is 851. The molecule has 27 heavy (non-hydrogen) atoms. The first-order chi connectivity index (χ1) is 13.1. The predicted octanol–water partition coefficient (Wildman–Crippen LogP) is 4.71. The predicted molar refractivity (Wildman–Crippen MR) is 113 cm³/mol. The number of aryl methyl sites for hydroxylation is 1. The van der Waals surface area contributed by atoms with E-state index in [1.807, 2.05) is 72.5 Å². The lowest BCUT2D eigenvalue weighted by atomic mass is 10.1. The van der Waals surface area contributed by atoms with Crippen LogP contribution in [-0.2, 0) is 13.1 Å². The van der Waals surface area contributed by atoms with Gasteiger partial charge in [-0.1, -0.05) is 78.4 Å². The molecule has 0 spiro atoms. The highest BCUT2D eigenvalue weighted by molar-refractivity contribution is 7.80. The van der Waals surface area contributed by atoms with E-state index in [0.29, 0.717) is 23.8 Å². The second-order valence-corrected chi connectivity index (χ2v) is 6.84. The molecule has 0 unspecified atom stereocenters. The third-order valence-electron chi connectivity index (χ3n) is 4.25. The summed E-state index contributed by atoms with van der Waals surface area (Å²) in [7, 11) is 0. The third-order valence-corrected chi connectivity index (χ3v) is 4.61. The molecular weight excluding hydrogens is 352 g/mol. The lowest BCUT2D eigenvalue weighted by Crippen LogP contribution is -2.42. The molecule has 0 aliphatic heterocycles. The van der Waals surface area contributed by atoms with Gasteiger partial charge in [-0.2, -0.15) is 0 Å². The molecule has 0 heterocycles. The van der Waals surface area contributed by atoms with E-state index in [4.69, 9.17) is 12.2 Å². The molecular formula is C23H22N2OS. The fourth-order valence-corrected chi connectivity index (χ4v) is 2.98. The molecule has 0 fully saturated rings. The van der Waals surface area contributed by atoms with Crippen LogP contribution in [-0.4, -0.2) is 15.9 Å². The van der Waals surface area contributed by atoms with Gasteiger partial charge in [0.1, 0.15) is 0 Å². The maximum Gasteiger partial charge on any atom is 0.257 e. The minimum absolute atomic E-state index is 0.189. The van der Waals surface area contributed by atoms with E-state index < -0.39 is 0 Å². The van der Waals surface area contributed by atoms with Gasteiger partial charge < -0.3 is 4.90 Å². The van der Waals surface area contributed by atoms with Gasteiger partial charge >= 0.3 is 0 Å². The van der Waals surface area contributed by atoms with Crippen LogP contribution in [0.3, 0.4) is 0 Å². The van der Waals surface area contributed by atoms with E-state index in [2.05, 4.69) is 29.6 Å². The molecule has 0 saturated heterocycles. The molecule has 1 N–H and O–H groups in total. The molecule has 3 aromatic rings. The monoisotopic (exact) mass is 374 g/mol. The summed E-state index contributed by atoms with van der Waals surface area (Å²) in [6, 6.07) is 27.7. The van der Waals surface area contributed by atoms with Crippen LogP contribution in [0, 0.1) is 6.92 Å². The number of hydrogen-bond acceptors (Lipinski definition) is 2. The highest BCUT2D eigenvalue weighted by atomic mass is 32.1. The molecule has 0 aromatic heterocycles. The maximum atomic E-state index is 12.6. The molecule has 0 saturated carbocycles. The van der Waals surface area contributed by atoms with Gasteiger partial charge in [-0.25, -0.2) is 0 Å². The van der Waals surface area contributed by atoms with Crippen molar-refractivity contribution in [2.75, 3.05) is 0 Å². The van der Waals surface area contributed by atoms with Crippen LogP contribution in [0.15, 0.2) is 84.9 Å². The molecule has 0 bridgehead atoms. The Labute approximate surface area is 165 Å². The molecule has 3 nitrogen and oxygen atoms in total. The van der Waals surface area contributed by atoms with Gasteiger partial charge in [0, 0.05) is 18.7 Å². The Morgan fingerprint density at radius 1 is 0.815 bits per heavy atom. The van der Waals surface area contributed by atoms with Gasteiger partial charge in [0.25, 0.3) is 5.91 Å².